The van der Waals surface area contributed by atoms with Gasteiger partial charge in [-0.15, -0.1) is 0 Å². The number of carbonyl (C=O) groups excluding carboxylic acids is 1. The lowest BCUT2D eigenvalue weighted by atomic mass is 9.89. The average molecular weight is 387 g/mol. The molecular weight excluding hydrogens is 348 g/mol. The standard InChI is InChI=1S/C24H38O2Si/c1-6-13-23(18-19-26-27(7-2,8-3)9-4)24(17-16-21(5)25)20-22-14-11-10-12-15-22/h10-12,14-15,18-20,23H,6-9,13,16-17H2,1-5H3/b19-18-,24-20+. The van der Waals surface area contributed by atoms with Gasteiger partial charge in [0.25, 0.3) is 0 Å². The molecule has 0 spiro atoms. The molecule has 0 fully saturated rings. The van der Waals surface area contributed by atoms with Crippen LogP contribution < -0.4 is 0 Å². The van der Waals surface area contributed by atoms with E-state index < -0.39 is 8.32 Å². The van der Waals surface area contributed by atoms with Crippen molar-refractivity contribution in [2.45, 2.75) is 78.4 Å². The maximum Gasteiger partial charge on any atom is 0.249 e. The van der Waals surface area contributed by atoms with Gasteiger partial charge in [-0.2, -0.15) is 0 Å². The number of carbonyl (C=O) groups is 1. The second-order valence-electron chi connectivity index (χ2n) is 7.42. The van der Waals surface area contributed by atoms with Gasteiger partial charge >= 0.3 is 0 Å². The lowest BCUT2D eigenvalue weighted by Crippen LogP contribution is -2.33. The van der Waals surface area contributed by atoms with Crippen LogP contribution in [-0.4, -0.2) is 14.1 Å². The largest absolute Gasteiger partial charge is 0.549 e. The van der Waals surface area contributed by atoms with Crippen molar-refractivity contribution in [3.05, 3.63) is 53.8 Å². The summed E-state index contributed by atoms with van der Waals surface area (Å²) in [5.74, 6) is 0.575. The summed E-state index contributed by atoms with van der Waals surface area (Å²) in [4.78, 5) is 11.6. The molecule has 0 saturated carbocycles. The fourth-order valence-electron chi connectivity index (χ4n) is 3.44. The Morgan fingerprint density at radius 1 is 1.04 bits per heavy atom. The molecule has 0 saturated heterocycles. The lowest BCUT2D eigenvalue weighted by molar-refractivity contribution is -0.116. The van der Waals surface area contributed by atoms with Crippen LogP contribution in [0.1, 0.15) is 65.9 Å². The van der Waals surface area contributed by atoms with Crippen LogP contribution in [0.3, 0.4) is 0 Å². The van der Waals surface area contributed by atoms with E-state index in [1.807, 2.05) is 12.3 Å². The van der Waals surface area contributed by atoms with Gasteiger partial charge in [0.2, 0.25) is 8.32 Å². The first-order chi connectivity index (χ1) is 13.0. The molecule has 0 aromatic heterocycles. The topological polar surface area (TPSA) is 26.3 Å². The molecule has 0 heterocycles. The second kappa shape index (κ2) is 12.7. The molecule has 0 radical (unpaired) electrons. The molecular formula is C24H38O2Si. The fourth-order valence-corrected chi connectivity index (χ4v) is 5.81. The third kappa shape index (κ3) is 8.29. The van der Waals surface area contributed by atoms with E-state index in [0.29, 0.717) is 12.3 Å². The minimum atomic E-state index is -1.61. The Labute approximate surface area is 167 Å². The summed E-state index contributed by atoms with van der Waals surface area (Å²) < 4.78 is 6.34. The minimum Gasteiger partial charge on any atom is -0.549 e. The summed E-state index contributed by atoms with van der Waals surface area (Å²) in [5, 5.41) is 0. The number of allylic oxidation sites excluding steroid dienone is 2. The molecule has 1 aromatic rings. The minimum absolute atomic E-state index is 0.249. The van der Waals surface area contributed by atoms with E-state index >= 15 is 0 Å². The smallest absolute Gasteiger partial charge is 0.249 e. The molecule has 0 N–H and O–H groups in total. The van der Waals surface area contributed by atoms with Crippen LogP contribution in [0.15, 0.2) is 48.2 Å². The molecule has 1 unspecified atom stereocenters. The highest BCUT2D eigenvalue weighted by Gasteiger charge is 2.29. The van der Waals surface area contributed by atoms with Crippen LogP contribution in [0.5, 0.6) is 0 Å². The van der Waals surface area contributed by atoms with Gasteiger partial charge in [0.15, 0.2) is 0 Å². The van der Waals surface area contributed by atoms with E-state index in [2.05, 4.69) is 64.1 Å². The van der Waals surface area contributed by atoms with Gasteiger partial charge in [-0.3, -0.25) is 0 Å². The molecule has 150 valence electrons. The Bertz CT molecular complexity index is 592. The van der Waals surface area contributed by atoms with Crippen LogP contribution in [0, 0.1) is 5.92 Å². The predicted molar refractivity (Wildman–Crippen MR) is 120 cm³/mol. The van der Waals surface area contributed by atoms with Crippen LogP contribution >= 0.6 is 0 Å². The molecule has 1 atom stereocenters. The number of hydrogen-bond donors (Lipinski definition) is 0. The Kier molecular flexibility index (Phi) is 11.0. The first-order valence-corrected chi connectivity index (χ1v) is 13.1. The highest BCUT2D eigenvalue weighted by molar-refractivity contribution is 6.73. The lowest BCUT2D eigenvalue weighted by Gasteiger charge is -2.27. The quantitative estimate of drug-likeness (QED) is 0.261. The molecule has 2 nitrogen and oxygen atoms in total. The van der Waals surface area contributed by atoms with Crippen LogP contribution in [0.25, 0.3) is 6.08 Å². The second-order valence-corrected chi connectivity index (χ2v) is 12.1. The van der Waals surface area contributed by atoms with Gasteiger partial charge in [0.05, 0.1) is 6.26 Å². The van der Waals surface area contributed by atoms with Crippen molar-refractivity contribution >= 4 is 20.2 Å². The van der Waals surface area contributed by atoms with Crippen molar-refractivity contribution in [1.82, 2.24) is 0 Å². The Morgan fingerprint density at radius 3 is 2.19 bits per heavy atom. The summed E-state index contributed by atoms with van der Waals surface area (Å²) in [5.41, 5.74) is 2.53. The van der Waals surface area contributed by atoms with Crippen molar-refractivity contribution in [1.29, 1.82) is 0 Å². The van der Waals surface area contributed by atoms with E-state index in [1.165, 1.54) is 11.1 Å². The van der Waals surface area contributed by atoms with Crippen molar-refractivity contribution in [2.75, 3.05) is 0 Å². The molecule has 0 aliphatic rings. The third-order valence-corrected chi connectivity index (χ3v) is 10.1. The Balaban J connectivity index is 3.05. The number of rotatable bonds is 13. The maximum atomic E-state index is 11.6. The predicted octanol–water partition coefficient (Wildman–Crippen LogP) is 7.39. The molecule has 0 amide bonds. The Morgan fingerprint density at radius 2 is 1.67 bits per heavy atom. The van der Waals surface area contributed by atoms with Crippen molar-refractivity contribution in [3.63, 3.8) is 0 Å². The zero-order valence-corrected chi connectivity index (χ0v) is 19.0. The average Bonchev–Trinajstić information content (AvgIpc) is 2.69. The zero-order valence-electron chi connectivity index (χ0n) is 18.0. The summed E-state index contributed by atoms with van der Waals surface area (Å²) in [6.07, 6.45) is 10.1. The zero-order chi connectivity index (χ0) is 20.1. The maximum absolute atomic E-state index is 11.6. The summed E-state index contributed by atoms with van der Waals surface area (Å²) in [6.45, 7) is 10.7. The van der Waals surface area contributed by atoms with Crippen LogP contribution in [0.4, 0.5) is 0 Å². The monoisotopic (exact) mass is 386 g/mol. The number of benzene rings is 1. The Hall–Kier alpha value is -1.61. The molecule has 0 aliphatic heterocycles. The number of hydrogen-bond acceptors (Lipinski definition) is 2. The molecule has 0 aliphatic carbocycles. The van der Waals surface area contributed by atoms with Crippen molar-refractivity contribution in [2.24, 2.45) is 5.92 Å². The van der Waals surface area contributed by atoms with Crippen molar-refractivity contribution < 1.29 is 9.22 Å². The van der Waals surface area contributed by atoms with Crippen LogP contribution in [-0.2, 0) is 9.22 Å². The van der Waals surface area contributed by atoms with Gasteiger partial charge in [0, 0.05) is 12.3 Å². The van der Waals surface area contributed by atoms with Gasteiger partial charge in [0.1, 0.15) is 5.78 Å². The highest BCUT2D eigenvalue weighted by Crippen LogP contribution is 2.27. The number of ketones is 1. The van der Waals surface area contributed by atoms with Gasteiger partial charge in [-0.1, -0.05) is 76.1 Å². The summed E-state index contributed by atoms with van der Waals surface area (Å²) in [7, 11) is -1.61. The SMILES string of the molecule is CCCC(/C=C\O[Si](CC)(CC)CC)/C(=C/c1ccccc1)CCC(C)=O. The first-order valence-electron chi connectivity index (χ1n) is 10.6. The van der Waals surface area contributed by atoms with Gasteiger partial charge in [-0.05, 0) is 49.5 Å². The van der Waals surface area contributed by atoms with E-state index in [1.54, 1.807) is 6.92 Å². The molecule has 0 bridgehead atoms. The van der Waals surface area contributed by atoms with E-state index in [9.17, 15) is 4.79 Å². The summed E-state index contributed by atoms with van der Waals surface area (Å²) >= 11 is 0. The third-order valence-electron chi connectivity index (χ3n) is 5.56. The van der Waals surface area contributed by atoms with Gasteiger partial charge < -0.3 is 9.22 Å². The van der Waals surface area contributed by atoms with E-state index in [4.69, 9.17) is 4.43 Å². The van der Waals surface area contributed by atoms with Crippen LogP contribution in [0.2, 0.25) is 18.1 Å². The normalized spacial score (nSPS) is 13.7. The van der Waals surface area contributed by atoms with Gasteiger partial charge in [-0.25, -0.2) is 0 Å². The van der Waals surface area contributed by atoms with E-state index in [0.717, 1.165) is 37.4 Å². The van der Waals surface area contributed by atoms with E-state index in [-0.39, 0.29) is 5.78 Å². The van der Waals surface area contributed by atoms with Crippen molar-refractivity contribution in [3.8, 4) is 0 Å². The first kappa shape index (κ1) is 23.4. The molecule has 1 rings (SSSR count). The fraction of sp³-hybridized carbons (Fsp3) is 0.542. The number of Topliss-reactive ketones (excluding diaryl/α,β-unsaturated/α-hetero) is 1. The molecule has 27 heavy (non-hydrogen) atoms. The molecule has 3 heteroatoms. The molecule has 1 aromatic carbocycles. The highest BCUT2D eigenvalue weighted by atomic mass is 28.4. The summed E-state index contributed by atoms with van der Waals surface area (Å²) in [6, 6.07) is 13.9.